The fourth-order valence-electron chi connectivity index (χ4n) is 2.15. The Balaban J connectivity index is 2.22. The van der Waals surface area contributed by atoms with Crippen molar-refractivity contribution in [2.75, 3.05) is 24.8 Å². The molecule has 0 radical (unpaired) electrons. The number of hydrogen-bond acceptors (Lipinski definition) is 5. The van der Waals surface area contributed by atoms with Gasteiger partial charge in [-0.2, -0.15) is 0 Å². The third-order valence-corrected chi connectivity index (χ3v) is 3.35. The first-order valence-electron chi connectivity index (χ1n) is 7.53. The molecule has 0 fully saturated rings. The van der Waals surface area contributed by atoms with Crippen LogP contribution in [0, 0.1) is 6.92 Å². The first-order valence-corrected chi connectivity index (χ1v) is 7.53. The summed E-state index contributed by atoms with van der Waals surface area (Å²) >= 11 is 0. The summed E-state index contributed by atoms with van der Waals surface area (Å²) in [5.41, 5.74) is 9.60. The van der Waals surface area contributed by atoms with Gasteiger partial charge in [0, 0.05) is 0 Å². The number of nitrogens with two attached hydrogens (primary N) is 1. The Morgan fingerprint density at radius 1 is 1.17 bits per heavy atom. The molecule has 2 rings (SSSR count). The van der Waals surface area contributed by atoms with Crippen molar-refractivity contribution in [2.45, 2.75) is 20.3 Å². The molecule has 0 unspecified atom stereocenters. The summed E-state index contributed by atoms with van der Waals surface area (Å²) in [6, 6.07) is 10.9. The van der Waals surface area contributed by atoms with E-state index in [4.69, 9.17) is 15.2 Å². The maximum atomic E-state index is 11.9. The fraction of sp³-hybridized carbons (Fsp3) is 0.278. The Morgan fingerprint density at radius 3 is 2.61 bits per heavy atom. The predicted molar refractivity (Wildman–Crippen MR) is 92.4 cm³/mol. The number of methoxy groups -OCH3 is 1. The average molecular weight is 314 g/mol. The lowest BCUT2D eigenvalue weighted by molar-refractivity contribution is 0.0505. The van der Waals surface area contributed by atoms with Crippen LogP contribution in [-0.4, -0.2) is 19.7 Å². The molecule has 122 valence electrons. The van der Waals surface area contributed by atoms with Crippen molar-refractivity contribution in [3.8, 4) is 5.75 Å². The van der Waals surface area contributed by atoms with Crippen LogP contribution < -0.4 is 15.8 Å². The van der Waals surface area contributed by atoms with E-state index in [1.807, 2.05) is 32.0 Å². The molecule has 0 saturated carbocycles. The normalized spacial score (nSPS) is 10.2. The van der Waals surface area contributed by atoms with Gasteiger partial charge in [-0.1, -0.05) is 13.0 Å². The third kappa shape index (κ3) is 4.16. The predicted octanol–water partition coefficient (Wildman–Crippen LogP) is 3.90. The molecule has 0 heterocycles. The zero-order valence-corrected chi connectivity index (χ0v) is 13.7. The summed E-state index contributed by atoms with van der Waals surface area (Å²) in [7, 11) is 1.62. The number of esters is 1. The highest BCUT2D eigenvalue weighted by molar-refractivity contribution is 5.92. The van der Waals surface area contributed by atoms with Crippen molar-refractivity contribution in [3.63, 3.8) is 0 Å². The molecule has 5 heteroatoms. The summed E-state index contributed by atoms with van der Waals surface area (Å²) in [5.74, 6) is 0.361. The first kappa shape index (κ1) is 16.7. The van der Waals surface area contributed by atoms with Crippen LogP contribution in [0.2, 0.25) is 0 Å². The minimum Gasteiger partial charge on any atom is -0.495 e. The minimum atomic E-state index is -0.363. The molecule has 0 bridgehead atoms. The second kappa shape index (κ2) is 7.54. The Labute approximate surface area is 136 Å². The number of nitrogens with one attached hydrogen (secondary N) is 1. The zero-order valence-electron chi connectivity index (χ0n) is 13.7. The van der Waals surface area contributed by atoms with Gasteiger partial charge in [0.05, 0.1) is 36.3 Å². The molecule has 5 nitrogen and oxygen atoms in total. The number of hydrogen-bond donors (Lipinski definition) is 2. The number of benzene rings is 2. The van der Waals surface area contributed by atoms with E-state index >= 15 is 0 Å². The van der Waals surface area contributed by atoms with Crippen molar-refractivity contribution >= 4 is 23.0 Å². The standard InChI is InChI=1S/C18H22N2O3/c1-4-9-23-18(21)13-6-7-15(14(19)11-13)20-16-10-12(2)5-8-17(16)22-3/h5-8,10-11,20H,4,9,19H2,1-3H3. The highest BCUT2D eigenvalue weighted by atomic mass is 16.5. The van der Waals surface area contributed by atoms with E-state index in [0.717, 1.165) is 23.4 Å². The van der Waals surface area contributed by atoms with E-state index in [1.165, 1.54) is 0 Å². The third-order valence-electron chi connectivity index (χ3n) is 3.35. The second-order valence-electron chi connectivity index (χ2n) is 5.27. The zero-order chi connectivity index (χ0) is 16.8. The highest BCUT2D eigenvalue weighted by Gasteiger charge is 2.11. The number of carbonyl (C=O) groups excluding carboxylic acids is 1. The smallest absolute Gasteiger partial charge is 0.338 e. The maximum Gasteiger partial charge on any atom is 0.338 e. The molecule has 0 atom stereocenters. The van der Waals surface area contributed by atoms with Crippen LogP contribution in [0.5, 0.6) is 5.75 Å². The Morgan fingerprint density at radius 2 is 1.96 bits per heavy atom. The van der Waals surface area contributed by atoms with Crippen LogP contribution in [-0.2, 0) is 4.74 Å². The summed E-state index contributed by atoms with van der Waals surface area (Å²) < 4.78 is 10.4. The molecule has 0 spiro atoms. The molecule has 2 aromatic rings. The van der Waals surface area contributed by atoms with Gasteiger partial charge in [0.15, 0.2) is 0 Å². The van der Waals surface area contributed by atoms with Gasteiger partial charge in [-0.25, -0.2) is 4.79 Å². The molecule has 0 aliphatic carbocycles. The van der Waals surface area contributed by atoms with E-state index in [0.29, 0.717) is 23.5 Å². The molecule has 0 aromatic heterocycles. The molecule has 3 N–H and O–H groups in total. The van der Waals surface area contributed by atoms with Gasteiger partial charge < -0.3 is 20.5 Å². The van der Waals surface area contributed by atoms with Gasteiger partial charge >= 0.3 is 5.97 Å². The molecule has 0 aliphatic rings. The summed E-state index contributed by atoms with van der Waals surface area (Å²) in [4.78, 5) is 11.9. The van der Waals surface area contributed by atoms with Crippen molar-refractivity contribution in [2.24, 2.45) is 0 Å². The monoisotopic (exact) mass is 314 g/mol. The molecule has 23 heavy (non-hydrogen) atoms. The fourth-order valence-corrected chi connectivity index (χ4v) is 2.15. The SMILES string of the molecule is CCCOC(=O)c1ccc(Nc2cc(C)ccc2OC)c(N)c1. The van der Waals surface area contributed by atoms with Crippen LogP contribution in [0.3, 0.4) is 0 Å². The van der Waals surface area contributed by atoms with Crippen LogP contribution in [0.15, 0.2) is 36.4 Å². The lowest BCUT2D eigenvalue weighted by Crippen LogP contribution is -2.07. The maximum absolute atomic E-state index is 11.9. The van der Waals surface area contributed by atoms with Gasteiger partial charge in [-0.3, -0.25) is 0 Å². The van der Waals surface area contributed by atoms with Crippen LogP contribution >= 0.6 is 0 Å². The number of carbonyl (C=O) groups is 1. The largest absolute Gasteiger partial charge is 0.495 e. The van der Waals surface area contributed by atoms with Gasteiger partial charge in [-0.05, 0) is 49.2 Å². The summed E-state index contributed by atoms with van der Waals surface area (Å²) in [6.45, 7) is 4.35. The molecule has 0 aliphatic heterocycles. The number of ether oxygens (including phenoxy) is 2. The lowest BCUT2D eigenvalue weighted by atomic mass is 10.1. The number of rotatable bonds is 6. The Hall–Kier alpha value is -2.69. The van der Waals surface area contributed by atoms with Gasteiger partial charge in [0.25, 0.3) is 0 Å². The highest BCUT2D eigenvalue weighted by Crippen LogP contribution is 2.31. The second-order valence-corrected chi connectivity index (χ2v) is 5.27. The molecule has 0 amide bonds. The minimum absolute atomic E-state index is 0.363. The van der Waals surface area contributed by atoms with Crippen molar-refractivity contribution < 1.29 is 14.3 Å². The van der Waals surface area contributed by atoms with Crippen LogP contribution in [0.1, 0.15) is 29.3 Å². The summed E-state index contributed by atoms with van der Waals surface area (Å²) in [6.07, 6.45) is 0.786. The van der Waals surface area contributed by atoms with Crippen LogP contribution in [0.4, 0.5) is 17.1 Å². The average Bonchev–Trinajstić information content (AvgIpc) is 2.54. The number of nitrogen functional groups attached to an aromatic ring is 1. The Bertz CT molecular complexity index is 699. The first-order chi connectivity index (χ1) is 11.0. The number of anilines is 3. The topological polar surface area (TPSA) is 73.6 Å². The molecule has 0 saturated heterocycles. The van der Waals surface area contributed by atoms with E-state index < -0.39 is 0 Å². The molecular formula is C18H22N2O3. The van der Waals surface area contributed by atoms with E-state index in [1.54, 1.807) is 25.3 Å². The van der Waals surface area contributed by atoms with Crippen molar-refractivity contribution in [1.29, 1.82) is 0 Å². The van der Waals surface area contributed by atoms with Crippen LogP contribution in [0.25, 0.3) is 0 Å². The Kier molecular flexibility index (Phi) is 5.46. The quantitative estimate of drug-likeness (QED) is 0.625. The lowest BCUT2D eigenvalue weighted by Gasteiger charge is -2.14. The van der Waals surface area contributed by atoms with Crippen molar-refractivity contribution in [3.05, 3.63) is 47.5 Å². The van der Waals surface area contributed by atoms with Gasteiger partial charge in [0.2, 0.25) is 0 Å². The number of aryl methyl sites for hydroxylation is 1. The molecular weight excluding hydrogens is 292 g/mol. The van der Waals surface area contributed by atoms with E-state index in [2.05, 4.69) is 5.32 Å². The van der Waals surface area contributed by atoms with E-state index in [-0.39, 0.29) is 5.97 Å². The summed E-state index contributed by atoms with van der Waals surface area (Å²) in [5, 5.41) is 3.24. The van der Waals surface area contributed by atoms with Gasteiger partial charge in [0.1, 0.15) is 5.75 Å². The van der Waals surface area contributed by atoms with Crippen molar-refractivity contribution in [1.82, 2.24) is 0 Å². The van der Waals surface area contributed by atoms with E-state index in [9.17, 15) is 4.79 Å². The molecule has 2 aromatic carbocycles. The van der Waals surface area contributed by atoms with Gasteiger partial charge in [-0.15, -0.1) is 0 Å².